The smallest absolute Gasteiger partial charge is 0.254 e. The zero-order chi connectivity index (χ0) is 28.0. The second kappa shape index (κ2) is 12.5. The Balaban J connectivity index is 1.24. The number of aromatic nitrogens is 2. The summed E-state index contributed by atoms with van der Waals surface area (Å²) in [6, 6.07) is 18.0. The zero-order valence-electron chi connectivity index (χ0n) is 23.2. The minimum absolute atomic E-state index is 0.142. The van der Waals surface area contributed by atoms with Crippen LogP contribution in [0.5, 0.6) is 5.75 Å². The van der Waals surface area contributed by atoms with Crippen LogP contribution in [0.1, 0.15) is 28.9 Å². The van der Waals surface area contributed by atoms with Crippen LogP contribution < -0.4 is 15.4 Å². The first kappa shape index (κ1) is 27.6. The third kappa shape index (κ3) is 6.43. The van der Waals surface area contributed by atoms with Gasteiger partial charge in [0.2, 0.25) is 5.91 Å². The van der Waals surface area contributed by atoms with E-state index in [1.54, 1.807) is 0 Å². The molecule has 2 amide bonds. The van der Waals surface area contributed by atoms with Crippen molar-refractivity contribution in [1.29, 1.82) is 0 Å². The van der Waals surface area contributed by atoms with E-state index >= 15 is 0 Å². The number of para-hydroxylation sites is 1. The van der Waals surface area contributed by atoms with Crippen LogP contribution >= 0.6 is 0 Å². The number of amides is 2. The zero-order valence-corrected chi connectivity index (χ0v) is 23.2. The topological polar surface area (TPSA) is 97.7 Å². The molecular weight excluding hydrogens is 506 g/mol. The van der Waals surface area contributed by atoms with E-state index in [0.717, 1.165) is 34.0 Å². The van der Waals surface area contributed by atoms with Crippen LogP contribution in [-0.2, 0) is 27.3 Å². The molecular formula is C31H37N5O4. The number of benzene rings is 2. The minimum atomic E-state index is -1.07. The molecule has 5 rings (SSSR count). The van der Waals surface area contributed by atoms with Gasteiger partial charge in [-0.2, -0.15) is 5.10 Å². The van der Waals surface area contributed by atoms with Gasteiger partial charge in [-0.05, 0) is 37.5 Å². The Morgan fingerprint density at radius 1 is 1.07 bits per heavy atom. The first-order valence-corrected chi connectivity index (χ1v) is 13.8. The van der Waals surface area contributed by atoms with E-state index in [0.29, 0.717) is 52.2 Å². The number of allylic oxidation sites excluding steroid dienone is 1. The number of rotatable bonds is 5. The fraction of sp³-hybridized carbons (Fsp3) is 0.387. The van der Waals surface area contributed by atoms with Gasteiger partial charge in [0.25, 0.3) is 5.91 Å². The molecule has 9 heteroatoms. The van der Waals surface area contributed by atoms with E-state index in [9.17, 15) is 9.59 Å². The number of nitrogens with one attached hydrogen (secondary N) is 2. The molecule has 0 aliphatic carbocycles. The third-order valence-electron chi connectivity index (χ3n) is 7.44. The summed E-state index contributed by atoms with van der Waals surface area (Å²) < 4.78 is 13.9. The molecule has 1 fully saturated rings. The molecule has 2 aliphatic heterocycles. The second-order valence-corrected chi connectivity index (χ2v) is 10.4. The van der Waals surface area contributed by atoms with Gasteiger partial charge in [-0.1, -0.05) is 60.7 Å². The Hall–Kier alpha value is -3.95. The average molecular weight is 544 g/mol. The highest BCUT2D eigenvalue weighted by Gasteiger charge is 2.43. The molecule has 2 aromatic carbocycles. The molecule has 0 radical (unpaired) electrons. The van der Waals surface area contributed by atoms with Gasteiger partial charge in [0.05, 0.1) is 43.3 Å². The first-order chi connectivity index (χ1) is 19.4. The Labute approximate surface area is 235 Å². The maximum atomic E-state index is 13.4. The molecule has 0 saturated carbocycles. The number of morpholine rings is 1. The molecule has 40 heavy (non-hydrogen) atoms. The van der Waals surface area contributed by atoms with Crippen molar-refractivity contribution in [2.24, 2.45) is 0 Å². The molecule has 3 aromatic rings. The normalized spacial score (nSPS) is 20.9. The highest BCUT2D eigenvalue weighted by Crippen LogP contribution is 2.26. The lowest BCUT2D eigenvalue weighted by Gasteiger charge is -2.41. The minimum Gasteiger partial charge on any atom is -0.491 e. The van der Waals surface area contributed by atoms with Gasteiger partial charge in [-0.25, -0.2) is 0 Å². The van der Waals surface area contributed by atoms with Crippen molar-refractivity contribution < 1.29 is 19.1 Å². The van der Waals surface area contributed by atoms with E-state index in [4.69, 9.17) is 9.47 Å². The fourth-order valence-corrected chi connectivity index (χ4v) is 5.30. The number of carbonyl (C=O) groups excluding carboxylic acids is 2. The number of carbonyl (C=O) groups is 2. The van der Waals surface area contributed by atoms with Crippen LogP contribution in [-0.4, -0.2) is 71.5 Å². The highest BCUT2D eigenvalue weighted by atomic mass is 16.5. The maximum Gasteiger partial charge on any atom is 0.254 e. The molecule has 2 aliphatic rings. The van der Waals surface area contributed by atoms with E-state index < -0.39 is 5.60 Å². The summed E-state index contributed by atoms with van der Waals surface area (Å²) in [4.78, 5) is 28.5. The van der Waals surface area contributed by atoms with Gasteiger partial charge in [0, 0.05) is 19.5 Å². The molecule has 1 spiro atoms. The van der Waals surface area contributed by atoms with Crippen molar-refractivity contribution in [3.8, 4) is 5.75 Å². The molecule has 1 atom stereocenters. The maximum absolute atomic E-state index is 13.4. The van der Waals surface area contributed by atoms with Crippen LogP contribution in [0.25, 0.3) is 0 Å². The molecule has 1 aromatic heterocycles. The highest BCUT2D eigenvalue weighted by molar-refractivity contribution is 5.93. The number of anilines is 1. The second-order valence-electron chi connectivity index (χ2n) is 10.4. The van der Waals surface area contributed by atoms with Crippen molar-refractivity contribution in [3.63, 3.8) is 0 Å². The summed E-state index contributed by atoms with van der Waals surface area (Å²) in [5.41, 5.74) is 3.58. The Bertz CT molecular complexity index is 1370. The van der Waals surface area contributed by atoms with Crippen molar-refractivity contribution in [2.75, 3.05) is 44.7 Å². The van der Waals surface area contributed by atoms with E-state index in [-0.39, 0.29) is 18.4 Å². The lowest BCUT2D eigenvalue weighted by Crippen LogP contribution is -2.60. The van der Waals surface area contributed by atoms with Gasteiger partial charge in [0.15, 0.2) is 5.60 Å². The summed E-state index contributed by atoms with van der Waals surface area (Å²) in [6.07, 6.45) is 5.17. The predicted molar refractivity (Wildman–Crippen MR) is 153 cm³/mol. The van der Waals surface area contributed by atoms with Crippen LogP contribution in [0, 0.1) is 13.8 Å². The van der Waals surface area contributed by atoms with Crippen molar-refractivity contribution in [1.82, 2.24) is 20.0 Å². The Kier molecular flexibility index (Phi) is 8.62. The molecule has 9 nitrogen and oxygen atoms in total. The quantitative estimate of drug-likeness (QED) is 0.480. The summed E-state index contributed by atoms with van der Waals surface area (Å²) in [6.45, 7) is 6.63. The number of ether oxygens (including phenoxy) is 2. The molecule has 210 valence electrons. The average Bonchev–Trinajstić information content (AvgIpc) is 3.21. The van der Waals surface area contributed by atoms with Crippen molar-refractivity contribution in [3.05, 3.63) is 89.3 Å². The number of aryl methyl sites for hydroxylation is 1. The molecule has 3 heterocycles. The van der Waals surface area contributed by atoms with Crippen LogP contribution in [0.15, 0.2) is 66.7 Å². The summed E-state index contributed by atoms with van der Waals surface area (Å²) in [5.74, 6) is 0.504. The number of hydrogen-bond acceptors (Lipinski definition) is 6. The molecule has 1 unspecified atom stereocenters. The van der Waals surface area contributed by atoms with Gasteiger partial charge >= 0.3 is 0 Å². The lowest BCUT2D eigenvalue weighted by atomic mass is 9.94. The van der Waals surface area contributed by atoms with E-state index in [2.05, 4.69) is 27.9 Å². The summed E-state index contributed by atoms with van der Waals surface area (Å²) >= 11 is 0. The Morgan fingerprint density at radius 3 is 2.73 bits per heavy atom. The van der Waals surface area contributed by atoms with Gasteiger partial charge < -0.3 is 20.1 Å². The number of fused-ring (bicyclic) bond motifs is 1. The largest absolute Gasteiger partial charge is 0.491 e. The van der Waals surface area contributed by atoms with E-state index in [1.165, 1.54) is 0 Å². The van der Waals surface area contributed by atoms with Crippen LogP contribution in [0.2, 0.25) is 0 Å². The third-order valence-corrected chi connectivity index (χ3v) is 7.44. The number of hydrogen-bond donors (Lipinski definition) is 2. The lowest BCUT2D eigenvalue weighted by molar-refractivity contribution is -0.160. The Morgan fingerprint density at radius 2 is 1.88 bits per heavy atom. The van der Waals surface area contributed by atoms with Gasteiger partial charge in [-0.3, -0.25) is 19.2 Å². The van der Waals surface area contributed by atoms with Gasteiger partial charge in [-0.15, -0.1) is 0 Å². The molecule has 2 N–H and O–H groups in total. The van der Waals surface area contributed by atoms with Crippen molar-refractivity contribution in [2.45, 2.75) is 38.8 Å². The first-order valence-electron chi connectivity index (χ1n) is 13.8. The summed E-state index contributed by atoms with van der Waals surface area (Å²) in [5, 5.41) is 10.7. The number of nitrogens with zero attached hydrogens (tertiary/aromatic N) is 3. The van der Waals surface area contributed by atoms with Crippen LogP contribution in [0.3, 0.4) is 0 Å². The van der Waals surface area contributed by atoms with Gasteiger partial charge in [0.1, 0.15) is 12.4 Å². The fourth-order valence-electron chi connectivity index (χ4n) is 5.30. The van der Waals surface area contributed by atoms with Crippen molar-refractivity contribution >= 4 is 17.5 Å². The van der Waals surface area contributed by atoms with E-state index in [1.807, 2.05) is 78.0 Å². The molecule has 1 saturated heterocycles. The predicted octanol–water partition coefficient (Wildman–Crippen LogP) is 3.26. The molecule has 0 bridgehead atoms. The van der Waals surface area contributed by atoms with Crippen LogP contribution in [0.4, 0.5) is 5.69 Å². The SMILES string of the molecule is Cc1nn(Cc2ccccc2)c(C)c1NC(=O)CN1CCOC2(C/C=C/Cc3ccccc3OCCNC2=O)C1. The standard InChI is InChI=1S/C31H37N5O4/c1-23-29(24(2)36(34-23)20-25-10-4-3-5-11-25)33-28(37)21-35-17-19-40-31(22-35)15-9-8-13-26-12-6-7-14-27(26)39-18-16-32-30(31)38/h3-12,14H,13,15-22H2,1-2H3,(H,32,38)(H,33,37)/b9-8+. The summed E-state index contributed by atoms with van der Waals surface area (Å²) in [7, 11) is 0. The monoisotopic (exact) mass is 543 g/mol.